The molecule has 32 heavy (non-hydrogen) atoms. The predicted molar refractivity (Wildman–Crippen MR) is 114 cm³/mol. The number of nitrogens with one attached hydrogen (secondary N) is 2. The van der Waals surface area contributed by atoms with Crippen LogP contribution in [0.5, 0.6) is 5.75 Å². The largest absolute Gasteiger partial charge is 0.487 e. The molecule has 2 N–H and O–H groups in total. The van der Waals surface area contributed by atoms with Crippen molar-refractivity contribution in [2.75, 3.05) is 5.32 Å². The summed E-state index contributed by atoms with van der Waals surface area (Å²) in [6.07, 6.45) is 2.11. The molecule has 0 radical (unpaired) electrons. The second-order valence-corrected chi connectivity index (χ2v) is 7.82. The van der Waals surface area contributed by atoms with E-state index in [9.17, 15) is 13.6 Å². The van der Waals surface area contributed by atoms with Gasteiger partial charge in [-0.05, 0) is 68.1 Å². The number of fused-ring (bicyclic) bond motifs is 1. The zero-order chi connectivity index (χ0) is 22.2. The normalized spacial score (nSPS) is 14.3. The zero-order valence-corrected chi connectivity index (χ0v) is 17.1. The van der Waals surface area contributed by atoms with Crippen molar-refractivity contribution < 1.29 is 18.3 Å². The molecule has 1 amide bonds. The van der Waals surface area contributed by atoms with E-state index in [2.05, 4.69) is 25.7 Å². The summed E-state index contributed by atoms with van der Waals surface area (Å²) in [6.45, 7) is 1.91. The van der Waals surface area contributed by atoms with Gasteiger partial charge in [-0.25, -0.2) is 13.8 Å². The molecule has 4 aromatic rings. The first-order valence-corrected chi connectivity index (χ1v) is 10.2. The maximum Gasteiger partial charge on any atom is 0.258 e. The number of aromatic amines is 1. The monoisotopic (exact) mass is 435 g/mol. The summed E-state index contributed by atoms with van der Waals surface area (Å²) < 4.78 is 34.5. The fourth-order valence-corrected chi connectivity index (χ4v) is 3.49. The van der Waals surface area contributed by atoms with Gasteiger partial charge in [-0.1, -0.05) is 0 Å². The molecular weight excluding hydrogens is 416 g/mol. The smallest absolute Gasteiger partial charge is 0.258 e. The molecular formula is C23H19F2N5O2. The number of nitrogens with zero attached hydrogens (tertiary/aromatic N) is 3. The number of ether oxygens (including phenoxy) is 1. The molecule has 0 saturated heterocycles. The number of carbonyl (C=O) groups excluding carboxylic acids is 1. The average molecular weight is 435 g/mol. The van der Waals surface area contributed by atoms with Gasteiger partial charge >= 0.3 is 0 Å². The Morgan fingerprint density at radius 2 is 1.94 bits per heavy atom. The minimum atomic E-state index is -0.703. The minimum absolute atomic E-state index is 0.0631. The van der Waals surface area contributed by atoms with Crippen molar-refractivity contribution in [2.24, 2.45) is 5.92 Å². The van der Waals surface area contributed by atoms with Crippen molar-refractivity contribution in [3.8, 4) is 17.0 Å². The molecule has 0 unspecified atom stereocenters. The van der Waals surface area contributed by atoms with Crippen LogP contribution in [0.2, 0.25) is 0 Å². The topological polar surface area (TPSA) is 92.8 Å². The van der Waals surface area contributed by atoms with Crippen LogP contribution in [0.25, 0.3) is 22.4 Å². The summed E-state index contributed by atoms with van der Waals surface area (Å²) >= 11 is 0. The van der Waals surface area contributed by atoms with Gasteiger partial charge in [0.15, 0.2) is 11.6 Å². The summed E-state index contributed by atoms with van der Waals surface area (Å²) in [5.41, 5.74) is 2.06. The third-order valence-corrected chi connectivity index (χ3v) is 5.48. The molecule has 1 fully saturated rings. The standard InChI is InChI=1S/C23H19F2N5O2/c1-12(13-2-3-13)32-21-9-5-15(11-18(21)25)26-23(31)16-10-14(4-6-17(16)24)19-7-8-20-22(27-19)29-30-28-20/h4-13H,2-3H2,1H3,(H,26,31)(H,27,28,29,30)/t12-/m0/s1. The van der Waals surface area contributed by atoms with Crippen molar-refractivity contribution in [2.45, 2.75) is 25.9 Å². The van der Waals surface area contributed by atoms with Gasteiger partial charge in [0, 0.05) is 17.3 Å². The summed E-state index contributed by atoms with van der Waals surface area (Å²) in [5, 5.41) is 12.9. The SMILES string of the molecule is C[C@H](Oc1ccc(NC(=O)c2cc(-c3ccc4n[nH]nc4n3)ccc2F)cc1F)C1CC1. The van der Waals surface area contributed by atoms with E-state index < -0.39 is 17.5 Å². The summed E-state index contributed by atoms with van der Waals surface area (Å²) in [6, 6.07) is 11.7. The van der Waals surface area contributed by atoms with Crippen LogP contribution in [0.4, 0.5) is 14.5 Å². The van der Waals surface area contributed by atoms with Crippen molar-refractivity contribution >= 4 is 22.8 Å². The highest BCUT2D eigenvalue weighted by atomic mass is 19.1. The van der Waals surface area contributed by atoms with Crippen molar-refractivity contribution in [3.05, 3.63) is 65.7 Å². The van der Waals surface area contributed by atoms with Crippen LogP contribution in [-0.2, 0) is 0 Å². The fraction of sp³-hybridized carbons (Fsp3) is 0.217. The maximum atomic E-state index is 14.4. The number of hydrogen-bond donors (Lipinski definition) is 2. The maximum absolute atomic E-state index is 14.4. The lowest BCUT2D eigenvalue weighted by molar-refractivity contribution is 0.102. The Bertz CT molecular complexity index is 1320. The molecule has 162 valence electrons. The van der Waals surface area contributed by atoms with E-state index in [0.717, 1.165) is 18.9 Å². The lowest BCUT2D eigenvalue weighted by atomic mass is 10.1. The van der Waals surface area contributed by atoms with E-state index in [1.54, 1.807) is 12.1 Å². The molecule has 2 aromatic carbocycles. The number of aromatic nitrogens is 4. The van der Waals surface area contributed by atoms with Crippen LogP contribution in [0.3, 0.4) is 0 Å². The highest BCUT2D eigenvalue weighted by molar-refractivity contribution is 6.05. The first-order valence-electron chi connectivity index (χ1n) is 10.2. The lowest BCUT2D eigenvalue weighted by Crippen LogP contribution is -2.16. The highest BCUT2D eigenvalue weighted by Gasteiger charge is 2.30. The number of rotatable bonds is 6. The average Bonchev–Trinajstić information content (AvgIpc) is 3.53. The molecule has 1 aliphatic carbocycles. The molecule has 7 nitrogen and oxygen atoms in total. The highest BCUT2D eigenvalue weighted by Crippen LogP contribution is 2.35. The Morgan fingerprint density at radius 1 is 1.09 bits per heavy atom. The van der Waals surface area contributed by atoms with Crippen LogP contribution in [-0.4, -0.2) is 32.4 Å². The van der Waals surface area contributed by atoms with Gasteiger partial charge in [0.25, 0.3) is 5.91 Å². The summed E-state index contributed by atoms with van der Waals surface area (Å²) in [7, 11) is 0. The number of benzene rings is 2. The summed E-state index contributed by atoms with van der Waals surface area (Å²) in [5.74, 6) is -1.40. The zero-order valence-electron chi connectivity index (χ0n) is 17.1. The molecule has 5 rings (SSSR count). The van der Waals surface area contributed by atoms with Gasteiger partial charge in [0.1, 0.15) is 11.3 Å². The van der Waals surface area contributed by atoms with Crippen LogP contribution >= 0.6 is 0 Å². The van der Waals surface area contributed by atoms with Crippen LogP contribution in [0, 0.1) is 17.6 Å². The third-order valence-electron chi connectivity index (χ3n) is 5.48. The number of carbonyl (C=O) groups is 1. The second kappa shape index (κ2) is 7.99. The summed E-state index contributed by atoms with van der Waals surface area (Å²) in [4.78, 5) is 17.1. The molecule has 0 spiro atoms. The Morgan fingerprint density at radius 3 is 2.72 bits per heavy atom. The van der Waals surface area contributed by atoms with E-state index in [4.69, 9.17) is 4.74 Å². The van der Waals surface area contributed by atoms with Gasteiger partial charge < -0.3 is 10.1 Å². The van der Waals surface area contributed by atoms with Crippen LogP contribution in [0.1, 0.15) is 30.1 Å². The molecule has 9 heteroatoms. The van der Waals surface area contributed by atoms with E-state index in [-0.39, 0.29) is 23.1 Å². The van der Waals surface area contributed by atoms with Gasteiger partial charge in [-0.2, -0.15) is 10.3 Å². The minimum Gasteiger partial charge on any atom is -0.487 e. The molecule has 2 aromatic heterocycles. The lowest BCUT2D eigenvalue weighted by Gasteiger charge is -2.15. The number of hydrogen-bond acceptors (Lipinski definition) is 5. The Labute approximate surface area is 181 Å². The van der Waals surface area contributed by atoms with Gasteiger partial charge in [0.05, 0.1) is 17.4 Å². The van der Waals surface area contributed by atoms with Crippen molar-refractivity contribution in [3.63, 3.8) is 0 Å². The first kappa shape index (κ1) is 20.0. The number of halogens is 2. The number of pyridine rings is 1. The van der Waals surface area contributed by atoms with Crippen LogP contribution in [0.15, 0.2) is 48.5 Å². The first-order chi connectivity index (χ1) is 15.5. The van der Waals surface area contributed by atoms with E-state index >= 15 is 0 Å². The molecule has 1 aliphatic rings. The van der Waals surface area contributed by atoms with Gasteiger partial charge in [-0.3, -0.25) is 4.79 Å². The molecule has 1 saturated carbocycles. The van der Waals surface area contributed by atoms with E-state index in [0.29, 0.717) is 28.3 Å². The molecule has 0 bridgehead atoms. The van der Waals surface area contributed by atoms with E-state index in [1.165, 1.54) is 30.3 Å². The Kier molecular flexibility index (Phi) is 5.01. The molecule has 0 aliphatic heterocycles. The number of H-pyrrole nitrogens is 1. The molecule has 1 atom stereocenters. The predicted octanol–water partition coefficient (Wildman–Crippen LogP) is 4.73. The van der Waals surface area contributed by atoms with Gasteiger partial charge in [-0.15, -0.1) is 5.10 Å². The molecule has 2 heterocycles. The van der Waals surface area contributed by atoms with Crippen LogP contribution < -0.4 is 10.1 Å². The number of amides is 1. The van der Waals surface area contributed by atoms with Crippen molar-refractivity contribution in [1.82, 2.24) is 20.4 Å². The third kappa shape index (κ3) is 4.01. The number of anilines is 1. The van der Waals surface area contributed by atoms with Crippen molar-refractivity contribution in [1.29, 1.82) is 0 Å². The quantitative estimate of drug-likeness (QED) is 0.457. The fourth-order valence-electron chi connectivity index (χ4n) is 3.49. The Hall–Kier alpha value is -3.88. The Balaban J connectivity index is 1.36. The van der Waals surface area contributed by atoms with E-state index in [1.807, 2.05) is 6.92 Å². The van der Waals surface area contributed by atoms with Gasteiger partial charge in [0.2, 0.25) is 5.65 Å². The second-order valence-electron chi connectivity index (χ2n) is 7.82.